The number of ketones is 1. The number of azo groups is 1. The van der Waals surface area contributed by atoms with Crippen LogP contribution in [0.5, 0.6) is 5.75 Å². The molecule has 1 amide bonds. The number of nitrogens with zero attached hydrogens (tertiary/aromatic N) is 5. The molecule has 0 radical (unpaired) electrons. The Hall–Kier alpha value is -4.64. The number of thioether (sulfide) groups is 1. The number of ether oxygens (including phenoxy) is 1. The number of hydrogen-bond acceptors (Lipinski definition) is 16. The summed E-state index contributed by atoms with van der Waals surface area (Å²) in [6, 6.07) is 25.9. The lowest BCUT2D eigenvalue weighted by molar-refractivity contribution is -0.513. The first-order valence-electron chi connectivity index (χ1n) is 16.1. The third-order valence-corrected chi connectivity index (χ3v) is 10.2. The summed E-state index contributed by atoms with van der Waals surface area (Å²) in [6.45, 7) is -0.911. The fourth-order valence-electron chi connectivity index (χ4n) is 5.78. The highest BCUT2D eigenvalue weighted by atomic mass is 127. The third-order valence-electron chi connectivity index (χ3n) is 8.19. The van der Waals surface area contributed by atoms with E-state index in [0.717, 1.165) is 37.2 Å². The maximum absolute atomic E-state index is 12.6. The van der Waals surface area contributed by atoms with Gasteiger partial charge in [0.2, 0.25) is 5.91 Å². The Morgan fingerprint density at radius 1 is 1.04 bits per heavy atom. The third kappa shape index (κ3) is 9.30. The van der Waals surface area contributed by atoms with Crippen LogP contribution in [0.3, 0.4) is 0 Å². The molecule has 278 valence electrons. The molecule has 3 atom stereocenters. The number of Topliss-reactive ketones (excluding diaryl/α,β-unsaturated/α-hetero) is 1. The van der Waals surface area contributed by atoms with Gasteiger partial charge in [0.05, 0.1) is 21.9 Å². The van der Waals surface area contributed by atoms with E-state index in [4.69, 9.17) is 19.3 Å². The number of carbonyl (C=O) groups is 4. The number of halogens is 1. The maximum atomic E-state index is 12.6. The van der Waals surface area contributed by atoms with Crippen LogP contribution in [0.4, 0.5) is 11.4 Å². The Bertz CT molecular complexity index is 1870. The number of benzene rings is 3. The summed E-state index contributed by atoms with van der Waals surface area (Å²) in [6.07, 6.45) is -0.189. The van der Waals surface area contributed by atoms with Crippen molar-refractivity contribution in [2.75, 3.05) is 50.1 Å². The predicted octanol–water partition coefficient (Wildman–Crippen LogP) is 3.91. The molecule has 3 aromatic carbocycles. The van der Waals surface area contributed by atoms with Gasteiger partial charge in [-0.15, -0.1) is 5.48 Å². The molecule has 3 unspecified atom stereocenters. The summed E-state index contributed by atoms with van der Waals surface area (Å²) in [4.78, 5) is 67.2. The molecule has 53 heavy (non-hydrogen) atoms. The number of β-lactam (4-membered cyclic amide) rings is 1. The summed E-state index contributed by atoms with van der Waals surface area (Å²) < 4.78 is 6.25. The average Bonchev–Trinajstić information content (AvgIpc) is 3.77. The number of fused-ring (bicyclic) bond motifs is 1. The monoisotopic (exact) mass is 859 g/mol. The van der Waals surface area contributed by atoms with E-state index in [9.17, 15) is 24.3 Å². The average molecular weight is 860 g/mol. The van der Waals surface area contributed by atoms with E-state index in [2.05, 4.69) is 89.0 Å². The smallest absolute Gasteiger partial charge is 0.353 e. The Kier molecular flexibility index (Phi) is 12.9. The van der Waals surface area contributed by atoms with Crippen LogP contribution in [0.15, 0.2) is 99.7 Å². The summed E-state index contributed by atoms with van der Waals surface area (Å²) in [5.41, 5.74) is 9.04. The standard InChI is InChI=1S/C34H34IN7O10S/c1-36-37-16-25(43)15-27-32(45)42-30(34(46)47)28(53-33(27)42)17-48-29(44)18-49-52-50-19-38-51-26-12-10-23(11-13-26)40-20-41(24-9-5-8-22(35)14-24)39-31(40)21-6-3-2-4-7-21/h2-14,27,31,33,38-39H,15-20H2,1H3,(H,46,47). The zero-order valence-corrected chi connectivity index (χ0v) is 31.1. The van der Waals surface area contributed by atoms with Gasteiger partial charge in [-0.2, -0.15) is 20.0 Å². The number of carboxylic acids is 1. The number of amides is 1. The number of carboxylic acid groups (broad SMARTS) is 1. The van der Waals surface area contributed by atoms with E-state index in [1.807, 2.05) is 36.4 Å². The van der Waals surface area contributed by atoms with Crippen molar-refractivity contribution in [3.8, 4) is 5.75 Å². The normalized spacial score (nSPS) is 19.5. The molecule has 0 bridgehead atoms. The minimum absolute atomic E-state index is 0.0935. The number of nitrogens with one attached hydrogen (secondary N) is 2. The van der Waals surface area contributed by atoms with Crippen LogP contribution >= 0.6 is 34.4 Å². The number of rotatable bonds is 18. The van der Waals surface area contributed by atoms with Crippen LogP contribution in [0.25, 0.3) is 0 Å². The molecular formula is C34H34IN7O10S. The molecule has 0 aromatic heterocycles. The molecular weight excluding hydrogens is 825 g/mol. The van der Waals surface area contributed by atoms with Crippen molar-refractivity contribution in [2.24, 2.45) is 16.1 Å². The van der Waals surface area contributed by atoms with Gasteiger partial charge in [0.25, 0.3) is 0 Å². The van der Waals surface area contributed by atoms with E-state index in [1.54, 1.807) is 12.1 Å². The minimum Gasteiger partial charge on any atom is -0.477 e. The van der Waals surface area contributed by atoms with Gasteiger partial charge in [-0.1, -0.05) is 53.2 Å². The van der Waals surface area contributed by atoms with Crippen LogP contribution in [-0.4, -0.2) is 79.2 Å². The van der Waals surface area contributed by atoms with Crippen LogP contribution in [0, 0.1) is 9.49 Å². The Balaban J connectivity index is 0.901. The molecule has 3 N–H and O–H groups in total. The summed E-state index contributed by atoms with van der Waals surface area (Å²) in [5, 5.41) is 22.9. The molecule has 3 aliphatic heterocycles. The van der Waals surface area contributed by atoms with Gasteiger partial charge < -0.3 is 19.6 Å². The van der Waals surface area contributed by atoms with E-state index >= 15 is 0 Å². The quantitative estimate of drug-likeness (QED) is 0.0244. The lowest BCUT2D eigenvalue weighted by Crippen LogP contribution is -2.57. The minimum atomic E-state index is -1.35. The van der Waals surface area contributed by atoms with E-state index in [-0.39, 0.29) is 42.2 Å². The van der Waals surface area contributed by atoms with E-state index in [0.29, 0.717) is 12.4 Å². The largest absolute Gasteiger partial charge is 0.477 e. The molecule has 17 nitrogen and oxygen atoms in total. The van der Waals surface area contributed by atoms with Gasteiger partial charge in [-0.25, -0.2) is 15.0 Å². The van der Waals surface area contributed by atoms with Gasteiger partial charge >= 0.3 is 11.9 Å². The Morgan fingerprint density at radius 3 is 2.57 bits per heavy atom. The SMILES string of the molecule is CN=NCC(=O)CC1C(=O)N2C(C(=O)O)=C(COC(=O)COOOCNOc3ccc(N4CN(c5cccc(I)c5)NC4c4ccccc4)cc3)SC12. The number of anilines is 2. The van der Waals surface area contributed by atoms with Gasteiger partial charge in [0.1, 0.15) is 37.4 Å². The summed E-state index contributed by atoms with van der Waals surface area (Å²) in [5.74, 6) is -3.21. The molecule has 0 aliphatic carbocycles. The van der Waals surface area contributed by atoms with Gasteiger partial charge in [-0.3, -0.25) is 19.5 Å². The van der Waals surface area contributed by atoms with Crippen molar-refractivity contribution in [1.29, 1.82) is 0 Å². The second-order valence-corrected chi connectivity index (χ2v) is 14.1. The Labute approximate surface area is 321 Å². The fourth-order valence-corrected chi connectivity index (χ4v) is 7.71. The van der Waals surface area contributed by atoms with Crippen molar-refractivity contribution in [1.82, 2.24) is 15.8 Å². The second-order valence-electron chi connectivity index (χ2n) is 11.6. The first-order valence-corrected chi connectivity index (χ1v) is 18.1. The number of aliphatic carboxylic acids is 1. The molecule has 6 rings (SSSR count). The number of carbonyl (C=O) groups excluding carboxylic acids is 3. The highest BCUT2D eigenvalue weighted by molar-refractivity contribution is 14.1. The van der Waals surface area contributed by atoms with Crippen molar-refractivity contribution >= 4 is 69.4 Å². The van der Waals surface area contributed by atoms with Gasteiger partial charge in [0, 0.05) is 22.7 Å². The molecule has 2 fully saturated rings. The summed E-state index contributed by atoms with van der Waals surface area (Å²) >= 11 is 3.36. The van der Waals surface area contributed by atoms with Crippen molar-refractivity contribution in [3.05, 3.63) is 98.6 Å². The molecule has 0 spiro atoms. The van der Waals surface area contributed by atoms with Crippen LogP contribution in [-0.2, 0) is 38.7 Å². The molecule has 3 aromatic rings. The van der Waals surface area contributed by atoms with Crippen molar-refractivity contribution in [3.63, 3.8) is 0 Å². The van der Waals surface area contributed by atoms with Crippen molar-refractivity contribution < 1.29 is 48.7 Å². The first kappa shape index (κ1) is 38.1. The zero-order valence-electron chi connectivity index (χ0n) is 28.1. The van der Waals surface area contributed by atoms with E-state index < -0.39 is 42.4 Å². The van der Waals surface area contributed by atoms with Crippen LogP contribution in [0.2, 0.25) is 0 Å². The van der Waals surface area contributed by atoms with Crippen LogP contribution in [0.1, 0.15) is 18.2 Å². The maximum Gasteiger partial charge on any atom is 0.353 e. The van der Waals surface area contributed by atoms with Gasteiger partial charge in [0.15, 0.2) is 19.1 Å². The number of esters is 1. The second kappa shape index (κ2) is 17.9. The molecule has 0 saturated carbocycles. The molecule has 19 heteroatoms. The number of hydrazine groups is 1. The molecule has 2 saturated heterocycles. The number of hydroxylamine groups is 1. The lowest BCUT2D eigenvalue weighted by atomic mass is 9.91. The highest BCUT2D eigenvalue weighted by Gasteiger charge is 2.56. The summed E-state index contributed by atoms with van der Waals surface area (Å²) in [7, 11) is 1.43. The molecule has 3 heterocycles. The predicted molar refractivity (Wildman–Crippen MR) is 197 cm³/mol. The zero-order chi connectivity index (χ0) is 37.3. The highest BCUT2D eigenvalue weighted by Crippen LogP contribution is 2.50. The Morgan fingerprint density at radius 2 is 1.83 bits per heavy atom. The fraction of sp³-hybridized carbons (Fsp3) is 0.294. The van der Waals surface area contributed by atoms with Crippen LogP contribution < -0.4 is 25.7 Å². The van der Waals surface area contributed by atoms with Gasteiger partial charge in [-0.05, 0) is 70.6 Å². The number of hydrogen-bond donors (Lipinski definition) is 3. The molecule has 3 aliphatic rings. The lowest BCUT2D eigenvalue weighted by Gasteiger charge is -2.41. The van der Waals surface area contributed by atoms with Crippen molar-refractivity contribution in [2.45, 2.75) is 18.0 Å². The van der Waals surface area contributed by atoms with E-state index in [1.165, 1.54) is 7.05 Å². The topological polar surface area (TPSA) is 193 Å². The first-order chi connectivity index (χ1) is 25.7.